The number of unbranched alkanes of at least 4 members (excludes halogenated alkanes) is 1. The fourth-order valence-electron chi connectivity index (χ4n) is 5.90. The highest BCUT2D eigenvalue weighted by Gasteiger charge is 2.35. The SMILES string of the molecule is Bc1cccc(CCc2cccc(CCCCc3ccccc3CCc3c(O)c(O)cc4oc(=O)cc(C(F)(F)F)c34)c2)c1. The molecule has 0 saturated carbocycles. The van der Waals surface area contributed by atoms with Crippen LogP contribution in [-0.2, 0) is 44.7 Å². The lowest BCUT2D eigenvalue weighted by Gasteiger charge is -2.16. The molecule has 0 unspecified atom stereocenters. The van der Waals surface area contributed by atoms with E-state index < -0.39 is 39.8 Å². The molecule has 0 fully saturated rings. The number of alkyl halides is 3. The molecule has 8 heteroatoms. The van der Waals surface area contributed by atoms with Gasteiger partial charge in [-0.2, -0.15) is 13.2 Å². The van der Waals surface area contributed by atoms with E-state index in [0.29, 0.717) is 12.5 Å². The van der Waals surface area contributed by atoms with Crippen molar-refractivity contribution in [1.29, 1.82) is 0 Å². The van der Waals surface area contributed by atoms with Crippen LogP contribution in [0.1, 0.15) is 51.8 Å². The highest BCUT2D eigenvalue weighted by atomic mass is 19.4. The average Bonchev–Trinajstić information content (AvgIpc) is 2.98. The van der Waals surface area contributed by atoms with Gasteiger partial charge in [0.05, 0.1) is 5.56 Å². The second kappa shape index (κ2) is 13.5. The molecule has 1 aromatic heterocycles. The third-order valence-corrected chi connectivity index (χ3v) is 8.09. The number of halogens is 3. The van der Waals surface area contributed by atoms with E-state index in [-0.39, 0.29) is 12.0 Å². The third-order valence-electron chi connectivity index (χ3n) is 8.09. The second-order valence-electron chi connectivity index (χ2n) is 11.4. The Hall–Kier alpha value is -4.46. The minimum atomic E-state index is -4.84. The highest BCUT2D eigenvalue weighted by Crippen LogP contribution is 2.42. The predicted molar refractivity (Wildman–Crippen MR) is 170 cm³/mol. The Labute approximate surface area is 255 Å². The molecule has 0 radical (unpaired) electrons. The quantitative estimate of drug-likeness (QED) is 0.0777. The molecule has 0 aliphatic rings. The van der Waals surface area contributed by atoms with Crippen molar-refractivity contribution in [2.24, 2.45) is 0 Å². The summed E-state index contributed by atoms with van der Waals surface area (Å²) in [6.45, 7) is 0. The Kier molecular flexibility index (Phi) is 9.48. The van der Waals surface area contributed by atoms with Gasteiger partial charge in [0.1, 0.15) is 13.4 Å². The molecule has 5 aromatic rings. The van der Waals surface area contributed by atoms with E-state index in [1.807, 2.05) is 24.3 Å². The van der Waals surface area contributed by atoms with Crippen LogP contribution in [-0.4, -0.2) is 18.1 Å². The smallest absolute Gasteiger partial charge is 0.417 e. The number of rotatable bonds is 11. The van der Waals surface area contributed by atoms with Crippen LogP contribution in [0.5, 0.6) is 11.5 Å². The van der Waals surface area contributed by atoms with Crippen LogP contribution >= 0.6 is 0 Å². The van der Waals surface area contributed by atoms with E-state index in [2.05, 4.69) is 56.4 Å². The molecule has 0 bridgehead atoms. The summed E-state index contributed by atoms with van der Waals surface area (Å²) in [5.74, 6) is -1.28. The van der Waals surface area contributed by atoms with Crippen molar-refractivity contribution in [2.75, 3.05) is 0 Å². The minimum absolute atomic E-state index is 0.0138. The van der Waals surface area contributed by atoms with Crippen molar-refractivity contribution in [3.63, 3.8) is 0 Å². The van der Waals surface area contributed by atoms with Crippen molar-refractivity contribution >= 4 is 24.3 Å². The fraction of sp³-hybridized carbons (Fsp3) is 0.250. The molecule has 0 atom stereocenters. The normalized spacial score (nSPS) is 11.7. The number of aromatic hydroxyl groups is 2. The van der Waals surface area contributed by atoms with Crippen LogP contribution in [0.3, 0.4) is 0 Å². The zero-order chi connectivity index (χ0) is 31.3. The number of hydrogen-bond acceptors (Lipinski definition) is 4. The molecule has 0 aliphatic carbocycles. The molecule has 44 heavy (non-hydrogen) atoms. The van der Waals surface area contributed by atoms with Crippen molar-refractivity contribution in [3.8, 4) is 11.5 Å². The summed E-state index contributed by atoms with van der Waals surface area (Å²) >= 11 is 0. The monoisotopic (exact) mass is 598 g/mol. The average molecular weight is 598 g/mol. The molecular weight excluding hydrogens is 564 g/mol. The number of fused-ring (bicyclic) bond motifs is 1. The van der Waals surface area contributed by atoms with Gasteiger partial charge in [-0.05, 0) is 79.2 Å². The first-order chi connectivity index (χ1) is 21.1. The topological polar surface area (TPSA) is 70.7 Å². The number of phenols is 2. The Balaban J connectivity index is 1.23. The van der Waals surface area contributed by atoms with Gasteiger partial charge in [0.25, 0.3) is 0 Å². The van der Waals surface area contributed by atoms with E-state index in [1.54, 1.807) is 0 Å². The van der Waals surface area contributed by atoms with Gasteiger partial charge in [0, 0.05) is 23.1 Å². The number of aryl methyl sites for hydroxylation is 6. The van der Waals surface area contributed by atoms with E-state index in [0.717, 1.165) is 55.7 Å². The summed E-state index contributed by atoms with van der Waals surface area (Å²) in [5.41, 5.74) is 4.39. The first-order valence-corrected chi connectivity index (χ1v) is 14.9. The van der Waals surface area contributed by atoms with Gasteiger partial charge in [-0.1, -0.05) is 78.3 Å². The van der Waals surface area contributed by atoms with Crippen molar-refractivity contribution in [2.45, 2.75) is 57.5 Å². The van der Waals surface area contributed by atoms with Crippen LogP contribution in [0.25, 0.3) is 11.0 Å². The zero-order valence-corrected chi connectivity index (χ0v) is 24.6. The van der Waals surface area contributed by atoms with Gasteiger partial charge in [-0.25, -0.2) is 4.79 Å². The van der Waals surface area contributed by atoms with Crippen LogP contribution in [0, 0.1) is 0 Å². The molecule has 0 spiro atoms. The van der Waals surface area contributed by atoms with E-state index in [4.69, 9.17) is 4.42 Å². The van der Waals surface area contributed by atoms with Crippen LogP contribution < -0.4 is 11.1 Å². The summed E-state index contributed by atoms with van der Waals surface area (Å²) in [4.78, 5) is 11.8. The number of phenolic OH excluding ortho intramolecular Hbond substituents is 2. The zero-order valence-electron chi connectivity index (χ0n) is 24.6. The first-order valence-electron chi connectivity index (χ1n) is 14.9. The molecular formula is C36H34BF3O4. The molecule has 226 valence electrons. The Morgan fingerprint density at radius 1 is 0.682 bits per heavy atom. The summed E-state index contributed by atoms with van der Waals surface area (Å²) in [6.07, 6.45) is 1.19. The van der Waals surface area contributed by atoms with Gasteiger partial charge in [0.15, 0.2) is 11.5 Å². The molecule has 2 N–H and O–H groups in total. The minimum Gasteiger partial charge on any atom is -0.504 e. The van der Waals surface area contributed by atoms with Gasteiger partial charge in [0.2, 0.25) is 0 Å². The van der Waals surface area contributed by atoms with E-state index in [9.17, 15) is 28.2 Å². The van der Waals surface area contributed by atoms with Gasteiger partial charge < -0.3 is 14.6 Å². The standard InChI is InChI=1S/C36H34BF3O4/c37-28-14-6-10-25(20-28)16-15-24-9-5-8-23(19-24)7-1-2-11-26-12-3-4-13-27(26)17-18-29-34-30(36(38,39)40)21-33(42)44-32(34)22-31(41)35(29)43/h3-6,8-10,12-14,19-22,41,43H,1-2,7,11,15-18,37H2. The summed E-state index contributed by atoms with van der Waals surface area (Å²) < 4.78 is 46.5. The lowest BCUT2D eigenvalue weighted by atomic mass is 9.92. The van der Waals surface area contributed by atoms with Gasteiger partial charge in [-0.15, -0.1) is 0 Å². The summed E-state index contributed by atoms with van der Waals surface area (Å²) in [6, 6.07) is 26.3. The second-order valence-corrected chi connectivity index (χ2v) is 11.4. The van der Waals surface area contributed by atoms with Gasteiger partial charge >= 0.3 is 11.8 Å². The summed E-state index contributed by atoms with van der Waals surface area (Å²) in [7, 11) is 2.11. The maximum atomic E-state index is 13.9. The molecule has 4 nitrogen and oxygen atoms in total. The Bertz CT molecular complexity index is 1830. The van der Waals surface area contributed by atoms with Crippen molar-refractivity contribution in [3.05, 3.63) is 134 Å². The number of benzene rings is 4. The molecule has 4 aromatic carbocycles. The van der Waals surface area contributed by atoms with Crippen LogP contribution in [0.4, 0.5) is 13.2 Å². The van der Waals surface area contributed by atoms with Crippen LogP contribution in [0.2, 0.25) is 0 Å². The van der Waals surface area contributed by atoms with Crippen molar-refractivity contribution < 1.29 is 27.8 Å². The van der Waals surface area contributed by atoms with Crippen LogP contribution in [0.15, 0.2) is 94.1 Å². The molecule has 5 rings (SSSR count). The maximum absolute atomic E-state index is 13.9. The largest absolute Gasteiger partial charge is 0.504 e. The van der Waals surface area contributed by atoms with Gasteiger partial charge in [-0.3, -0.25) is 0 Å². The molecule has 0 amide bonds. The Morgan fingerprint density at radius 3 is 1.98 bits per heavy atom. The van der Waals surface area contributed by atoms with E-state index in [1.165, 1.54) is 22.2 Å². The lowest BCUT2D eigenvalue weighted by Crippen LogP contribution is -2.12. The first kappa shape index (κ1) is 31.0. The lowest BCUT2D eigenvalue weighted by molar-refractivity contribution is -0.136. The van der Waals surface area contributed by atoms with E-state index >= 15 is 0 Å². The molecule has 0 aliphatic heterocycles. The Morgan fingerprint density at radius 2 is 1.30 bits per heavy atom. The third kappa shape index (κ3) is 7.54. The maximum Gasteiger partial charge on any atom is 0.417 e. The predicted octanol–water partition coefficient (Wildman–Crippen LogP) is 6.62. The molecule has 1 heterocycles. The highest BCUT2D eigenvalue weighted by molar-refractivity contribution is 6.32. The van der Waals surface area contributed by atoms with Crippen molar-refractivity contribution in [1.82, 2.24) is 0 Å². The number of hydrogen-bond donors (Lipinski definition) is 2. The molecule has 0 saturated heterocycles. The fourth-order valence-corrected chi connectivity index (χ4v) is 5.90. The summed E-state index contributed by atoms with van der Waals surface area (Å²) in [5, 5.41) is 20.3.